The number of fused-ring (bicyclic) bond motifs is 1. The molecular formula is C16H16O3. The second-order valence-corrected chi connectivity index (χ2v) is 4.75. The molecule has 0 aliphatic heterocycles. The van der Waals surface area contributed by atoms with E-state index in [1.54, 1.807) is 6.08 Å². The Hall–Kier alpha value is -1.97. The van der Waals surface area contributed by atoms with E-state index in [1.165, 1.54) is 6.92 Å². The Morgan fingerprint density at radius 3 is 3.11 bits per heavy atom. The summed E-state index contributed by atoms with van der Waals surface area (Å²) in [4.78, 5) is 11.1. The number of carbonyl (C=O) groups excluding carboxylic acids is 1. The second kappa shape index (κ2) is 5.34. The topological polar surface area (TPSA) is 46.5 Å². The molecule has 0 radical (unpaired) electrons. The SMILES string of the molecule is C=C[C@@H]1C#CC2=CCCC2(O)CC#C[C@@H]1OC(C)=O. The van der Waals surface area contributed by atoms with Gasteiger partial charge in [-0.2, -0.15) is 0 Å². The molecule has 0 fully saturated rings. The Labute approximate surface area is 113 Å². The van der Waals surface area contributed by atoms with Crippen LogP contribution in [-0.4, -0.2) is 22.8 Å². The van der Waals surface area contributed by atoms with Crippen LogP contribution < -0.4 is 0 Å². The number of aliphatic hydroxyl groups is 1. The Morgan fingerprint density at radius 1 is 1.63 bits per heavy atom. The molecule has 2 aliphatic carbocycles. The molecular weight excluding hydrogens is 240 g/mol. The Kier molecular flexibility index (Phi) is 3.79. The van der Waals surface area contributed by atoms with Crippen LogP contribution in [0.3, 0.4) is 0 Å². The summed E-state index contributed by atoms with van der Waals surface area (Å²) in [7, 11) is 0. The molecule has 1 unspecified atom stereocenters. The summed E-state index contributed by atoms with van der Waals surface area (Å²) >= 11 is 0. The average molecular weight is 256 g/mol. The van der Waals surface area contributed by atoms with Crippen molar-refractivity contribution in [1.82, 2.24) is 0 Å². The number of carbonyl (C=O) groups is 1. The van der Waals surface area contributed by atoms with Gasteiger partial charge < -0.3 is 9.84 Å². The van der Waals surface area contributed by atoms with Gasteiger partial charge in [-0.1, -0.05) is 35.8 Å². The van der Waals surface area contributed by atoms with Gasteiger partial charge in [0, 0.05) is 18.9 Å². The maximum atomic E-state index is 11.1. The lowest BCUT2D eigenvalue weighted by Gasteiger charge is -2.20. The van der Waals surface area contributed by atoms with E-state index in [4.69, 9.17) is 4.74 Å². The minimum absolute atomic E-state index is 0.315. The minimum Gasteiger partial charge on any atom is -0.448 e. The van der Waals surface area contributed by atoms with Crippen LogP contribution in [0.5, 0.6) is 0 Å². The molecule has 0 heterocycles. The van der Waals surface area contributed by atoms with Crippen molar-refractivity contribution >= 4 is 5.97 Å². The number of hydrogen-bond acceptors (Lipinski definition) is 3. The fraction of sp³-hybridized carbons (Fsp3) is 0.438. The lowest BCUT2D eigenvalue weighted by atomic mass is 9.92. The van der Waals surface area contributed by atoms with Crippen LogP contribution in [-0.2, 0) is 9.53 Å². The standard InChI is InChI=1S/C16H16O3/c1-3-13-8-9-14-6-4-10-16(14,18)11-5-7-15(13)19-12(2)17/h3,6,13,15,18H,1,4,10-11H2,2H3/t13-,15+,16?/m1/s1. The first kappa shape index (κ1) is 13.5. The first-order valence-corrected chi connectivity index (χ1v) is 6.28. The van der Waals surface area contributed by atoms with Gasteiger partial charge in [0.05, 0.1) is 5.92 Å². The molecule has 0 aromatic heterocycles. The Balaban J connectivity index is 2.35. The number of rotatable bonds is 2. The molecule has 3 heteroatoms. The van der Waals surface area contributed by atoms with Crippen LogP contribution in [0.25, 0.3) is 0 Å². The van der Waals surface area contributed by atoms with Gasteiger partial charge in [-0.05, 0) is 12.8 Å². The molecule has 2 rings (SSSR count). The summed E-state index contributed by atoms with van der Waals surface area (Å²) in [6, 6.07) is 0. The quantitative estimate of drug-likeness (QED) is 0.463. The van der Waals surface area contributed by atoms with Crippen LogP contribution in [0.2, 0.25) is 0 Å². The monoisotopic (exact) mass is 256 g/mol. The van der Waals surface area contributed by atoms with Crippen LogP contribution >= 0.6 is 0 Å². The highest BCUT2D eigenvalue weighted by molar-refractivity contribution is 5.66. The Morgan fingerprint density at radius 2 is 2.42 bits per heavy atom. The van der Waals surface area contributed by atoms with Crippen molar-refractivity contribution in [2.75, 3.05) is 0 Å². The van der Waals surface area contributed by atoms with Crippen molar-refractivity contribution in [1.29, 1.82) is 0 Å². The summed E-state index contributed by atoms with van der Waals surface area (Å²) in [5.41, 5.74) is -0.228. The number of ether oxygens (including phenoxy) is 1. The van der Waals surface area contributed by atoms with Gasteiger partial charge in [0.2, 0.25) is 0 Å². The van der Waals surface area contributed by atoms with Gasteiger partial charge in [0.1, 0.15) is 5.60 Å². The lowest BCUT2D eigenvalue weighted by Crippen LogP contribution is -2.26. The smallest absolute Gasteiger partial charge is 0.303 e. The predicted octanol–water partition coefficient (Wildman–Crippen LogP) is 1.58. The first-order chi connectivity index (χ1) is 9.05. The lowest BCUT2D eigenvalue weighted by molar-refractivity contribution is -0.144. The third kappa shape index (κ3) is 2.89. The maximum absolute atomic E-state index is 11.1. The van der Waals surface area contributed by atoms with Gasteiger partial charge in [0.25, 0.3) is 0 Å². The van der Waals surface area contributed by atoms with E-state index in [-0.39, 0.29) is 5.92 Å². The van der Waals surface area contributed by atoms with Gasteiger partial charge >= 0.3 is 5.97 Å². The van der Waals surface area contributed by atoms with E-state index in [0.29, 0.717) is 12.8 Å². The zero-order chi connectivity index (χ0) is 13.9. The first-order valence-electron chi connectivity index (χ1n) is 6.28. The molecule has 0 aromatic rings. The molecule has 3 atom stereocenters. The van der Waals surface area contributed by atoms with E-state index in [1.807, 2.05) is 6.08 Å². The molecule has 0 spiro atoms. The average Bonchev–Trinajstić information content (AvgIpc) is 2.71. The highest BCUT2D eigenvalue weighted by atomic mass is 16.5. The minimum atomic E-state index is -0.948. The van der Waals surface area contributed by atoms with Crippen molar-refractivity contribution in [2.24, 2.45) is 5.92 Å². The van der Waals surface area contributed by atoms with Crippen molar-refractivity contribution in [2.45, 2.75) is 37.9 Å². The van der Waals surface area contributed by atoms with E-state index in [0.717, 1.165) is 12.0 Å². The normalized spacial score (nSPS) is 32.0. The molecule has 3 nitrogen and oxygen atoms in total. The predicted molar refractivity (Wildman–Crippen MR) is 71.7 cm³/mol. The molecule has 0 saturated carbocycles. The number of esters is 1. The zero-order valence-corrected chi connectivity index (χ0v) is 10.9. The summed E-state index contributed by atoms with van der Waals surface area (Å²) < 4.78 is 5.15. The fourth-order valence-corrected chi connectivity index (χ4v) is 2.22. The van der Waals surface area contributed by atoms with E-state index in [9.17, 15) is 9.90 Å². The van der Waals surface area contributed by atoms with Crippen molar-refractivity contribution in [3.63, 3.8) is 0 Å². The van der Waals surface area contributed by atoms with Crippen molar-refractivity contribution < 1.29 is 14.6 Å². The van der Waals surface area contributed by atoms with Crippen LogP contribution in [0.4, 0.5) is 0 Å². The molecule has 0 saturated heterocycles. The highest BCUT2D eigenvalue weighted by Gasteiger charge is 2.34. The molecule has 19 heavy (non-hydrogen) atoms. The zero-order valence-electron chi connectivity index (χ0n) is 10.9. The largest absolute Gasteiger partial charge is 0.448 e. The number of allylic oxidation sites excluding steroid dienone is 1. The molecule has 0 amide bonds. The molecule has 98 valence electrons. The third-order valence-corrected chi connectivity index (χ3v) is 3.28. The molecule has 2 aliphatic rings. The molecule has 0 bridgehead atoms. The van der Waals surface area contributed by atoms with Crippen LogP contribution in [0.15, 0.2) is 24.3 Å². The summed E-state index contributed by atoms with van der Waals surface area (Å²) in [5, 5.41) is 10.5. The van der Waals surface area contributed by atoms with E-state index >= 15 is 0 Å². The summed E-state index contributed by atoms with van der Waals surface area (Å²) in [6.07, 6.45) is 4.72. The van der Waals surface area contributed by atoms with Crippen LogP contribution in [0.1, 0.15) is 26.2 Å². The third-order valence-electron chi connectivity index (χ3n) is 3.28. The fourth-order valence-electron chi connectivity index (χ4n) is 2.22. The molecule has 1 N–H and O–H groups in total. The van der Waals surface area contributed by atoms with Gasteiger partial charge in [-0.25, -0.2) is 0 Å². The molecule has 0 aromatic carbocycles. The van der Waals surface area contributed by atoms with Crippen molar-refractivity contribution in [3.8, 4) is 23.7 Å². The van der Waals surface area contributed by atoms with E-state index in [2.05, 4.69) is 30.3 Å². The Bertz CT molecular complexity index is 550. The highest BCUT2D eigenvalue weighted by Crippen LogP contribution is 2.33. The second-order valence-electron chi connectivity index (χ2n) is 4.75. The maximum Gasteiger partial charge on any atom is 0.303 e. The van der Waals surface area contributed by atoms with Gasteiger partial charge in [0.15, 0.2) is 6.10 Å². The van der Waals surface area contributed by atoms with E-state index < -0.39 is 17.7 Å². The van der Waals surface area contributed by atoms with Gasteiger partial charge in [-0.15, -0.1) is 6.58 Å². The van der Waals surface area contributed by atoms with Gasteiger partial charge in [-0.3, -0.25) is 4.79 Å². The van der Waals surface area contributed by atoms with Crippen LogP contribution in [0, 0.1) is 29.6 Å². The summed E-state index contributed by atoms with van der Waals surface area (Å²) in [5.74, 6) is 11.0. The summed E-state index contributed by atoms with van der Waals surface area (Å²) in [6.45, 7) is 5.04. The number of hydrogen-bond donors (Lipinski definition) is 1. The van der Waals surface area contributed by atoms with Crippen molar-refractivity contribution in [3.05, 3.63) is 24.3 Å².